The van der Waals surface area contributed by atoms with E-state index in [0.717, 1.165) is 16.5 Å². The van der Waals surface area contributed by atoms with E-state index in [4.69, 9.17) is 33.1 Å². The zero-order valence-electron chi connectivity index (χ0n) is 14.8. The number of benzene rings is 1. The molecule has 2 aromatic rings. The number of aliphatic carboxylic acids is 2. The first-order valence-electron chi connectivity index (χ1n) is 8.29. The van der Waals surface area contributed by atoms with Crippen molar-refractivity contribution in [1.82, 2.24) is 4.98 Å². The maximum Gasteiger partial charge on any atom is 0.320 e. The largest absolute Gasteiger partial charge is 0.480 e. The fourth-order valence-electron chi connectivity index (χ4n) is 2.27. The lowest BCUT2D eigenvalue weighted by atomic mass is 10.1. The number of aliphatic imine (C=N–C) groups is 1. The first-order valence-corrected chi connectivity index (χ1v) is 8.29. The lowest BCUT2D eigenvalue weighted by molar-refractivity contribution is -0.139. The van der Waals surface area contributed by atoms with Gasteiger partial charge < -0.3 is 38.1 Å². The molecule has 0 saturated carbocycles. The number of nitrogens with one attached hydrogen (secondary N) is 1. The SMILES string of the molecule is NC(Cc1c[nH]c2ccccc12)C(=O)O.NC(N)=NCCCC(N)C(=O)O. The maximum atomic E-state index is 10.6. The van der Waals surface area contributed by atoms with Crippen LogP contribution in [0.3, 0.4) is 0 Å². The van der Waals surface area contributed by atoms with Crippen molar-refractivity contribution in [2.45, 2.75) is 31.3 Å². The fraction of sp³-hybridized carbons (Fsp3) is 0.353. The summed E-state index contributed by atoms with van der Waals surface area (Å²) in [5, 5.41) is 18.1. The lowest BCUT2D eigenvalue weighted by Gasteiger charge is -2.04. The molecule has 11 N–H and O–H groups in total. The van der Waals surface area contributed by atoms with Crippen molar-refractivity contribution in [2.75, 3.05) is 6.54 Å². The minimum absolute atomic E-state index is 0.0129. The highest BCUT2D eigenvalue weighted by atomic mass is 16.4. The second-order valence-corrected chi connectivity index (χ2v) is 5.90. The zero-order chi connectivity index (χ0) is 20.4. The first kappa shape index (κ1) is 21.9. The smallest absolute Gasteiger partial charge is 0.320 e. The predicted octanol–water partition coefficient (Wildman–Crippen LogP) is -0.426. The van der Waals surface area contributed by atoms with Gasteiger partial charge >= 0.3 is 11.9 Å². The second kappa shape index (κ2) is 10.8. The van der Waals surface area contributed by atoms with E-state index in [2.05, 4.69) is 9.98 Å². The second-order valence-electron chi connectivity index (χ2n) is 5.90. The summed E-state index contributed by atoms with van der Waals surface area (Å²) in [7, 11) is 0. The van der Waals surface area contributed by atoms with Gasteiger partial charge in [0.15, 0.2) is 5.96 Å². The Balaban J connectivity index is 0.000000279. The van der Waals surface area contributed by atoms with E-state index in [1.54, 1.807) is 0 Å². The monoisotopic (exact) mass is 378 g/mol. The molecule has 0 saturated heterocycles. The van der Waals surface area contributed by atoms with Gasteiger partial charge in [0.1, 0.15) is 12.1 Å². The van der Waals surface area contributed by atoms with E-state index in [9.17, 15) is 9.59 Å². The van der Waals surface area contributed by atoms with Gasteiger partial charge in [-0.15, -0.1) is 0 Å². The highest BCUT2D eigenvalue weighted by Crippen LogP contribution is 2.18. The Morgan fingerprint density at radius 3 is 2.30 bits per heavy atom. The van der Waals surface area contributed by atoms with Gasteiger partial charge in [0.2, 0.25) is 0 Å². The van der Waals surface area contributed by atoms with Crippen LogP contribution in [0.15, 0.2) is 35.5 Å². The minimum Gasteiger partial charge on any atom is -0.480 e. The topological polar surface area (TPSA) is 207 Å². The number of nitrogens with zero attached hydrogens (tertiary/aromatic N) is 1. The molecule has 1 heterocycles. The quantitative estimate of drug-likeness (QED) is 0.182. The van der Waals surface area contributed by atoms with Gasteiger partial charge in [-0.1, -0.05) is 18.2 Å². The van der Waals surface area contributed by atoms with Crippen molar-refractivity contribution in [3.05, 3.63) is 36.0 Å². The molecule has 0 bridgehead atoms. The minimum atomic E-state index is -1.00. The Kier molecular flexibility index (Phi) is 8.76. The Labute approximate surface area is 156 Å². The van der Waals surface area contributed by atoms with Crippen LogP contribution < -0.4 is 22.9 Å². The van der Waals surface area contributed by atoms with Crippen LogP contribution >= 0.6 is 0 Å². The summed E-state index contributed by atoms with van der Waals surface area (Å²) in [6.07, 6.45) is 3.12. The normalized spacial score (nSPS) is 12.5. The number of guanidine groups is 1. The number of carboxylic acids is 2. The molecule has 0 fully saturated rings. The molecule has 0 radical (unpaired) electrons. The van der Waals surface area contributed by atoms with E-state index in [-0.39, 0.29) is 5.96 Å². The molecule has 0 aliphatic heterocycles. The van der Waals surface area contributed by atoms with Crippen LogP contribution in [0.25, 0.3) is 10.9 Å². The third-order valence-corrected chi connectivity index (χ3v) is 3.72. The summed E-state index contributed by atoms with van der Waals surface area (Å²) < 4.78 is 0. The molecule has 27 heavy (non-hydrogen) atoms. The van der Waals surface area contributed by atoms with Gasteiger partial charge in [0, 0.05) is 30.1 Å². The highest BCUT2D eigenvalue weighted by Gasteiger charge is 2.14. The lowest BCUT2D eigenvalue weighted by Crippen LogP contribution is -2.32. The summed E-state index contributed by atoms with van der Waals surface area (Å²) in [5.41, 5.74) is 22.8. The summed E-state index contributed by atoms with van der Waals surface area (Å²) in [5.74, 6) is -1.96. The summed E-state index contributed by atoms with van der Waals surface area (Å²) >= 11 is 0. The van der Waals surface area contributed by atoms with Crippen LogP contribution in [0.4, 0.5) is 0 Å². The molecule has 10 nitrogen and oxygen atoms in total. The predicted molar refractivity (Wildman–Crippen MR) is 103 cm³/mol. The number of H-pyrrole nitrogens is 1. The molecule has 0 amide bonds. The first-order chi connectivity index (χ1) is 12.7. The van der Waals surface area contributed by atoms with E-state index < -0.39 is 24.0 Å². The number of aromatic amines is 1. The Hall–Kier alpha value is -3.11. The van der Waals surface area contributed by atoms with Gasteiger partial charge in [-0.25, -0.2) is 0 Å². The van der Waals surface area contributed by atoms with Crippen LogP contribution in [-0.4, -0.2) is 51.7 Å². The fourth-order valence-corrected chi connectivity index (χ4v) is 2.27. The molecule has 2 atom stereocenters. The molecule has 148 valence electrons. The number of hydrogen-bond acceptors (Lipinski definition) is 5. The van der Waals surface area contributed by atoms with Crippen molar-refractivity contribution in [1.29, 1.82) is 0 Å². The van der Waals surface area contributed by atoms with Gasteiger partial charge in [0.05, 0.1) is 0 Å². The maximum absolute atomic E-state index is 10.6. The molecule has 2 rings (SSSR count). The number of fused-ring (bicyclic) bond motifs is 1. The zero-order valence-corrected chi connectivity index (χ0v) is 14.8. The molecule has 0 spiro atoms. The molecule has 2 unspecified atom stereocenters. The van der Waals surface area contributed by atoms with Crippen LogP contribution in [0.5, 0.6) is 0 Å². The summed E-state index contributed by atoms with van der Waals surface area (Å²) in [6, 6.07) is 6.09. The van der Waals surface area contributed by atoms with Crippen LogP contribution in [0.2, 0.25) is 0 Å². The molecular formula is C17H26N6O4. The third-order valence-electron chi connectivity index (χ3n) is 3.72. The summed E-state index contributed by atoms with van der Waals surface area (Å²) in [4.78, 5) is 27.6. The van der Waals surface area contributed by atoms with Crippen LogP contribution in [-0.2, 0) is 16.0 Å². The van der Waals surface area contributed by atoms with Crippen molar-refractivity contribution >= 4 is 28.8 Å². The molecular weight excluding hydrogens is 352 g/mol. The van der Waals surface area contributed by atoms with Crippen molar-refractivity contribution in [3.8, 4) is 0 Å². The number of hydrogen-bond donors (Lipinski definition) is 7. The average Bonchev–Trinajstić information content (AvgIpc) is 3.02. The van der Waals surface area contributed by atoms with Gasteiger partial charge in [-0.2, -0.15) is 0 Å². The average molecular weight is 378 g/mol. The highest BCUT2D eigenvalue weighted by molar-refractivity contribution is 5.84. The standard InChI is InChI=1S/C11H12N2O2.C6H14N4O2/c12-9(11(14)15)5-7-6-13-10-4-2-1-3-8(7)10;7-4(5(11)12)2-1-3-10-6(8)9/h1-4,6,9,13H,5,12H2,(H,14,15);4H,1-3,7H2,(H,11,12)(H4,8,9,10). The van der Waals surface area contributed by atoms with E-state index in [1.807, 2.05) is 30.5 Å². The van der Waals surface area contributed by atoms with Gasteiger partial charge in [-0.3, -0.25) is 14.6 Å². The van der Waals surface area contributed by atoms with Gasteiger partial charge in [0.25, 0.3) is 0 Å². The number of aromatic nitrogens is 1. The number of rotatable bonds is 8. The number of carboxylic acid groups (broad SMARTS) is 2. The Bertz CT molecular complexity index is 785. The Morgan fingerprint density at radius 2 is 1.70 bits per heavy atom. The van der Waals surface area contributed by atoms with Gasteiger partial charge in [-0.05, 0) is 24.5 Å². The van der Waals surface area contributed by atoms with Crippen molar-refractivity contribution < 1.29 is 19.8 Å². The van der Waals surface area contributed by atoms with E-state index in [0.29, 0.717) is 25.8 Å². The molecule has 1 aromatic carbocycles. The van der Waals surface area contributed by atoms with Crippen LogP contribution in [0, 0.1) is 0 Å². The van der Waals surface area contributed by atoms with E-state index in [1.165, 1.54) is 0 Å². The van der Waals surface area contributed by atoms with Crippen LogP contribution in [0.1, 0.15) is 18.4 Å². The number of carbonyl (C=O) groups is 2. The number of nitrogens with two attached hydrogens (primary N) is 4. The Morgan fingerprint density at radius 1 is 1.07 bits per heavy atom. The number of para-hydroxylation sites is 1. The van der Waals surface area contributed by atoms with Crippen molar-refractivity contribution in [2.24, 2.45) is 27.9 Å². The third kappa shape index (κ3) is 7.75. The molecule has 1 aromatic heterocycles. The summed E-state index contributed by atoms with van der Waals surface area (Å²) in [6.45, 7) is 0.420. The molecule has 0 aliphatic carbocycles. The molecule has 10 heteroatoms. The van der Waals surface area contributed by atoms with Crippen molar-refractivity contribution in [3.63, 3.8) is 0 Å². The molecule has 0 aliphatic rings. The van der Waals surface area contributed by atoms with E-state index >= 15 is 0 Å².